The third-order valence-corrected chi connectivity index (χ3v) is 4.14. The topological polar surface area (TPSA) is 115 Å². The van der Waals surface area contributed by atoms with Crippen LogP contribution in [-0.4, -0.2) is 37.2 Å². The minimum absolute atomic E-state index is 0.119. The first-order valence-corrected chi connectivity index (χ1v) is 8.86. The Morgan fingerprint density at radius 3 is 2.85 bits per heavy atom. The molecule has 1 amide bonds. The fourth-order valence-corrected chi connectivity index (χ4v) is 2.85. The van der Waals surface area contributed by atoms with Crippen LogP contribution < -0.4 is 16.2 Å². The van der Waals surface area contributed by atoms with Crippen LogP contribution >= 0.6 is 11.3 Å². The second-order valence-corrected chi connectivity index (χ2v) is 6.16. The quantitative estimate of drug-likeness (QED) is 0.567. The summed E-state index contributed by atoms with van der Waals surface area (Å²) in [7, 11) is 0. The number of carbonyl (C=O) groups is 1. The number of amides is 1. The van der Waals surface area contributed by atoms with E-state index in [2.05, 4.69) is 30.7 Å². The second kappa shape index (κ2) is 8.81. The summed E-state index contributed by atoms with van der Waals surface area (Å²) in [4.78, 5) is 36.0. The van der Waals surface area contributed by atoms with Gasteiger partial charge in [-0.1, -0.05) is 0 Å². The van der Waals surface area contributed by atoms with E-state index in [1.165, 1.54) is 22.1 Å². The SMILES string of the molecule is O=C(Cc1csc(Nc2ncccn2)n1)NCCCn1ncccc1=O. The zero-order valence-corrected chi connectivity index (χ0v) is 14.6. The molecule has 0 aliphatic rings. The van der Waals surface area contributed by atoms with E-state index in [0.29, 0.717) is 36.3 Å². The molecule has 3 aromatic heterocycles. The number of anilines is 2. The van der Waals surface area contributed by atoms with Gasteiger partial charge in [-0.15, -0.1) is 11.3 Å². The minimum Gasteiger partial charge on any atom is -0.356 e. The number of nitrogens with one attached hydrogen (secondary N) is 2. The summed E-state index contributed by atoms with van der Waals surface area (Å²) in [6, 6.07) is 4.79. The predicted molar refractivity (Wildman–Crippen MR) is 97.3 cm³/mol. The molecule has 0 fully saturated rings. The maximum atomic E-state index is 12.0. The maximum Gasteiger partial charge on any atom is 0.266 e. The first kappa shape index (κ1) is 17.7. The van der Waals surface area contributed by atoms with Crippen molar-refractivity contribution in [2.75, 3.05) is 11.9 Å². The monoisotopic (exact) mass is 371 g/mol. The highest BCUT2D eigenvalue weighted by atomic mass is 32.1. The zero-order valence-electron chi connectivity index (χ0n) is 13.8. The molecule has 2 N–H and O–H groups in total. The summed E-state index contributed by atoms with van der Waals surface area (Å²) >= 11 is 1.39. The Morgan fingerprint density at radius 2 is 2.04 bits per heavy atom. The van der Waals surface area contributed by atoms with E-state index in [-0.39, 0.29) is 17.9 Å². The molecule has 0 bridgehead atoms. The highest BCUT2D eigenvalue weighted by Crippen LogP contribution is 2.18. The summed E-state index contributed by atoms with van der Waals surface area (Å²) < 4.78 is 1.37. The second-order valence-electron chi connectivity index (χ2n) is 5.31. The average molecular weight is 371 g/mol. The van der Waals surface area contributed by atoms with Gasteiger partial charge in [-0.3, -0.25) is 9.59 Å². The van der Waals surface area contributed by atoms with Gasteiger partial charge in [0.2, 0.25) is 11.9 Å². The number of carbonyl (C=O) groups excluding carboxylic acids is 1. The van der Waals surface area contributed by atoms with E-state index in [1.807, 2.05) is 5.38 Å². The number of nitrogens with zero attached hydrogens (tertiary/aromatic N) is 5. The summed E-state index contributed by atoms with van der Waals surface area (Å²) in [5.74, 6) is 0.341. The van der Waals surface area contributed by atoms with Crippen LogP contribution in [0.1, 0.15) is 12.1 Å². The van der Waals surface area contributed by atoms with E-state index in [1.54, 1.807) is 30.7 Å². The van der Waals surface area contributed by atoms with Crippen molar-refractivity contribution in [3.63, 3.8) is 0 Å². The molecule has 0 aromatic carbocycles. The number of hydrogen-bond donors (Lipinski definition) is 2. The van der Waals surface area contributed by atoms with Gasteiger partial charge in [0, 0.05) is 43.1 Å². The van der Waals surface area contributed by atoms with Gasteiger partial charge in [-0.05, 0) is 18.6 Å². The van der Waals surface area contributed by atoms with Crippen LogP contribution in [0, 0.1) is 0 Å². The highest BCUT2D eigenvalue weighted by Gasteiger charge is 2.08. The third-order valence-electron chi connectivity index (χ3n) is 3.33. The summed E-state index contributed by atoms with van der Waals surface area (Å²) in [5, 5.41) is 12.2. The molecule has 0 saturated carbocycles. The third kappa shape index (κ3) is 5.18. The molecule has 9 nitrogen and oxygen atoms in total. The molecule has 3 heterocycles. The number of thiazole rings is 1. The molecule has 0 radical (unpaired) electrons. The van der Waals surface area contributed by atoms with Gasteiger partial charge in [0.1, 0.15) is 0 Å². The van der Waals surface area contributed by atoms with Gasteiger partial charge < -0.3 is 10.6 Å². The molecule has 0 aliphatic carbocycles. The molecule has 0 saturated heterocycles. The van der Waals surface area contributed by atoms with E-state index in [0.717, 1.165) is 0 Å². The molecule has 0 unspecified atom stereocenters. The van der Waals surface area contributed by atoms with Crippen molar-refractivity contribution in [3.8, 4) is 0 Å². The molecule has 26 heavy (non-hydrogen) atoms. The first-order valence-electron chi connectivity index (χ1n) is 7.98. The van der Waals surface area contributed by atoms with Crippen LogP contribution in [0.5, 0.6) is 0 Å². The van der Waals surface area contributed by atoms with E-state index in [4.69, 9.17) is 0 Å². The fourth-order valence-electron chi connectivity index (χ4n) is 2.14. The van der Waals surface area contributed by atoms with Crippen LogP contribution in [0.15, 0.2) is 47.0 Å². The Morgan fingerprint density at radius 1 is 1.19 bits per heavy atom. The molecule has 134 valence electrons. The van der Waals surface area contributed by atoms with Crippen LogP contribution in [0.25, 0.3) is 0 Å². The predicted octanol–water partition coefficient (Wildman–Crippen LogP) is 0.982. The fraction of sp³-hybridized carbons (Fsp3) is 0.250. The highest BCUT2D eigenvalue weighted by molar-refractivity contribution is 7.13. The van der Waals surface area contributed by atoms with Gasteiger partial charge in [0.05, 0.1) is 12.1 Å². The smallest absolute Gasteiger partial charge is 0.266 e. The number of aromatic nitrogens is 5. The van der Waals surface area contributed by atoms with E-state index >= 15 is 0 Å². The van der Waals surface area contributed by atoms with Crippen molar-refractivity contribution in [2.24, 2.45) is 0 Å². The summed E-state index contributed by atoms with van der Waals surface area (Å²) in [6.07, 6.45) is 5.65. The van der Waals surface area contributed by atoms with Crippen LogP contribution in [-0.2, 0) is 17.8 Å². The number of hydrogen-bond acceptors (Lipinski definition) is 8. The zero-order chi connectivity index (χ0) is 18.2. The van der Waals surface area contributed by atoms with E-state index < -0.39 is 0 Å². The lowest BCUT2D eigenvalue weighted by atomic mass is 10.3. The van der Waals surface area contributed by atoms with Crippen LogP contribution in [0.2, 0.25) is 0 Å². The van der Waals surface area contributed by atoms with Gasteiger partial charge >= 0.3 is 0 Å². The van der Waals surface area contributed by atoms with Gasteiger partial charge in [0.25, 0.3) is 5.56 Å². The average Bonchev–Trinajstić information content (AvgIpc) is 3.07. The van der Waals surface area contributed by atoms with Crippen LogP contribution in [0.4, 0.5) is 11.1 Å². The standard InChI is InChI=1S/C16H17N7O2S/c24-13(17-7-3-9-23-14(25)4-1-8-20-23)10-12-11-26-16(21-12)22-15-18-5-2-6-19-15/h1-2,4-6,8,11H,3,7,9-10H2,(H,17,24)(H,18,19,21,22). The van der Waals surface area contributed by atoms with Gasteiger partial charge in [-0.2, -0.15) is 5.10 Å². The Balaban J connectivity index is 1.41. The molecule has 0 spiro atoms. The van der Waals surface area contributed by atoms with Crippen molar-refractivity contribution in [3.05, 3.63) is 58.2 Å². The molecule has 3 rings (SSSR count). The van der Waals surface area contributed by atoms with Crippen molar-refractivity contribution in [2.45, 2.75) is 19.4 Å². The number of aryl methyl sites for hydroxylation is 1. The molecule has 0 atom stereocenters. The Kier molecular flexibility index (Phi) is 5.99. The summed E-state index contributed by atoms with van der Waals surface area (Å²) in [5.41, 5.74) is 0.524. The largest absolute Gasteiger partial charge is 0.356 e. The minimum atomic E-state index is -0.149. The number of rotatable bonds is 8. The lowest BCUT2D eigenvalue weighted by Crippen LogP contribution is -2.28. The molecular formula is C16H17N7O2S. The Bertz CT molecular complexity index is 910. The molecule has 3 aromatic rings. The van der Waals surface area contributed by atoms with E-state index in [9.17, 15) is 9.59 Å². The lowest BCUT2D eigenvalue weighted by Gasteiger charge is -2.05. The van der Waals surface area contributed by atoms with Crippen molar-refractivity contribution >= 4 is 28.3 Å². The molecular weight excluding hydrogens is 354 g/mol. The molecule has 10 heteroatoms. The van der Waals surface area contributed by atoms with Crippen molar-refractivity contribution < 1.29 is 4.79 Å². The van der Waals surface area contributed by atoms with Crippen LogP contribution in [0.3, 0.4) is 0 Å². The van der Waals surface area contributed by atoms with Gasteiger partial charge in [-0.25, -0.2) is 19.6 Å². The normalized spacial score (nSPS) is 10.5. The Hall–Kier alpha value is -3.14. The lowest BCUT2D eigenvalue weighted by molar-refractivity contribution is -0.120. The van der Waals surface area contributed by atoms with Gasteiger partial charge in [0.15, 0.2) is 5.13 Å². The first-order chi connectivity index (χ1) is 12.7. The summed E-state index contributed by atoms with van der Waals surface area (Å²) in [6.45, 7) is 0.927. The van der Waals surface area contributed by atoms with Crippen molar-refractivity contribution in [1.29, 1.82) is 0 Å². The molecule has 0 aliphatic heterocycles. The Labute approximate surface area is 153 Å². The maximum absolute atomic E-state index is 12.0. The van der Waals surface area contributed by atoms with Crippen molar-refractivity contribution in [1.82, 2.24) is 30.0 Å².